The van der Waals surface area contributed by atoms with E-state index in [-0.39, 0.29) is 0 Å². The molecule has 0 fully saturated rings. The number of para-hydroxylation sites is 1. The number of aromatic nitrogens is 2. The van der Waals surface area contributed by atoms with Crippen LogP contribution in [-0.2, 0) is 6.42 Å². The molecule has 26 heavy (non-hydrogen) atoms. The number of benzene rings is 2. The van der Waals surface area contributed by atoms with Crippen molar-refractivity contribution in [2.45, 2.75) is 6.42 Å². The van der Waals surface area contributed by atoms with E-state index in [1.165, 1.54) is 6.07 Å². The summed E-state index contributed by atoms with van der Waals surface area (Å²) in [6.07, 6.45) is 2.33. The second-order valence-electron chi connectivity index (χ2n) is 5.51. The highest BCUT2D eigenvalue weighted by atomic mass is 19.2. The van der Waals surface area contributed by atoms with Gasteiger partial charge in [-0.1, -0.05) is 18.2 Å². The molecular weight excluding hydrogens is 338 g/mol. The average Bonchev–Trinajstić information content (AvgIpc) is 2.65. The van der Waals surface area contributed by atoms with Gasteiger partial charge in [0.1, 0.15) is 11.6 Å². The Kier molecular flexibility index (Phi) is 5.58. The Labute approximate surface area is 150 Å². The van der Waals surface area contributed by atoms with Gasteiger partial charge in [0.2, 0.25) is 5.95 Å². The van der Waals surface area contributed by atoms with E-state index in [9.17, 15) is 8.78 Å². The molecule has 0 saturated heterocycles. The quantitative estimate of drug-likeness (QED) is 0.666. The zero-order valence-electron chi connectivity index (χ0n) is 14.2. The van der Waals surface area contributed by atoms with E-state index < -0.39 is 11.6 Å². The Morgan fingerprint density at radius 3 is 2.69 bits per heavy atom. The van der Waals surface area contributed by atoms with Gasteiger partial charge >= 0.3 is 0 Å². The molecule has 1 heterocycles. The van der Waals surface area contributed by atoms with Crippen molar-refractivity contribution >= 4 is 17.5 Å². The van der Waals surface area contributed by atoms with Crippen LogP contribution < -0.4 is 15.4 Å². The van der Waals surface area contributed by atoms with Gasteiger partial charge < -0.3 is 15.4 Å². The van der Waals surface area contributed by atoms with Gasteiger partial charge in [-0.05, 0) is 36.2 Å². The van der Waals surface area contributed by atoms with E-state index >= 15 is 0 Å². The first-order chi connectivity index (χ1) is 12.7. The van der Waals surface area contributed by atoms with Gasteiger partial charge in [-0.25, -0.2) is 13.8 Å². The van der Waals surface area contributed by atoms with Gasteiger partial charge in [0, 0.05) is 24.5 Å². The van der Waals surface area contributed by atoms with E-state index in [1.807, 2.05) is 24.3 Å². The fourth-order valence-electron chi connectivity index (χ4n) is 2.45. The monoisotopic (exact) mass is 356 g/mol. The Hall–Kier alpha value is -3.22. The summed E-state index contributed by atoms with van der Waals surface area (Å²) in [5.74, 6) is -0.0570. The summed E-state index contributed by atoms with van der Waals surface area (Å²) in [6, 6.07) is 13.0. The smallest absolute Gasteiger partial charge is 0.224 e. The summed E-state index contributed by atoms with van der Waals surface area (Å²) < 4.78 is 31.6. The molecule has 5 nitrogen and oxygen atoms in total. The first kappa shape index (κ1) is 17.6. The first-order valence-electron chi connectivity index (χ1n) is 8.06. The molecule has 0 unspecified atom stereocenters. The lowest BCUT2D eigenvalue weighted by molar-refractivity contribution is 0.410. The second-order valence-corrected chi connectivity index (χ2v) is 5.51. The summed E-state index contributed by atoms with van der Waals surface area (Å²) in [5, 5.41) is 6.06. The molecule has 0 amide bonds. The van der Waals surface area contributed by atoms with Crippen LogP contribution in [0.25, 0.3) is 0 Å². The van der Waals surface area contributed by atoms with Crippen LogP contribution in [-0.4, -0.2) is 23.6 Å². The third-order valence-corrected chi connectivity index (χ3v) is 3.72. The lowest BCUT2D eigenvalue weighted by Gasteiger charge is -2.10. The molecule has 3 rings (SSSR count). The standard InChI is InChI=1S/C19H18F2N4O/c1-26-17-5-3-2-4-13(17)8-10-22-19-23-11-9-18(25-19)24-14-6-7-15(20)16(21)12-14/h2-7,9,11-12H,8,10H2,1H3,(H2,22,23,24,25). The highest BCUT2D eigenvalue weighted by molar-refractivity contribution is 5.56. The van der Waals surface area contributed by atoms with Gasteiger partial charge in [0.25, 0.3) is 0 Å². The van der Waals surface area contributed by atoms with Crippen molar-refractivity contribution in [1.29, 1.82) is 0 Å². The molecule has 7 heteroatoms. The largest absolute Gasteiger partial charge is 0.496 e. The predicted octanol–water partition coefficient (Wildman–Crippen LogP) is 4.16. The van der Waals surface area contributed by atoms with E-state index in [0.717, 1.165) is 29.9 Å². The minimum absolute atomic E-state index is 0.405. The van der Waals surface area contributed by atoms with Crippen molar-refractivity contribution in [1.82, 2.24) is 9.97 Å². The molecule has 134 valence electrons. The highest BCUT2D eigenvalue weighted by Gasteiger charge is 2.05. The van der Waals surface area contributed by atoms with Crippen LogP contribution >= 0.6 is 0 Å². The number of rotatable bonds is 7. The van der Waals surface area contributed by atoms with Gasteiger partial charge in [0.05, 0.1) is 7.11 Å². The fourth-order valence-corrected chi connectivity index (χ4v) is 2.45. The van der Waals surface area contributed by atoms with Gasteiger partial charge in [-0.2, -0.15) is 4.98 Å². The summed E-state index contributed by atoms with van der Waals surface area (Å²) in [6.45, 7) is 0.620. The van der Waals surface area contributed by atoms with Crippen LogP contribution in [0.5, 0.6) is 5.75 Å². The topological polar surface area (TPSA) is 59.1 Å². The Balaban J connectivity index is 1.61. The maximum atomic E-state index is 13.3. The summed E-state index contributed by atoms with van der Waals surface area (Å²) >= 11 is 0. The number of nitrogens with one attached hydrogen (secondary N) is 2. The lowest BCUT2D eigenvalue weighted by atomic mass is 10.1. The first-order valence-corrected chi connectivity index (χ1v) is 8.06. The molecule has 0 aliphatic heterocycles. The molecular formula is C19H18F2N4O. The third kappa shape index (κ3) is 4.44. The molecule has 0 radical (unpaired) electrons. The molecule has 0 atom stereocenters. The number of hydrogen-bond donors (Lipinski definition) is 2. The minimum atomic E-state index is -0.917. The maximum Gasteiger partial charge on any atom is 0.224 e. The van der Waals surface area contributed by atoms with Crippen molar-refractivity contribution in [3.05, 3.63) is 71.9 Å². The van der Waals surface area contributed by atoms with Crippen molar-refractivity contribution in [2.24, 2.45) is 0 Å². The lowest BCUT2D eigenvalue weighted by Crippen LogP contribution is -2.09. The average molecular weight is 356 g/mol. The molecule has 0 saturated carbocycles. The fraction of sp³-hybridized carbons (Fsp3) is 0.158. The van der Waals surface area contributed by atoms with Crippen LogP contribution in [0.4, 0.5) is 26.2 Å². The molecule has 0 aliphatic carbocycles. The van der Waals surface area contributed by atoms with E-state index in [2.05, 4.69) is 20.6 Å². The predicted molar refractivity (Wildman–Crippen MR) is 96.9 cm³/mol. The Bertz CT molecular complexity index is 889. The van der Waals surface area contributed by atoms with Crippen LogP contribution in [0.1, 0.15) is 5.56 Å². The van der Waals surface area contributed by atoms with Crippen molar-refractivity contribution < 1.29 is 13.5 Å². The zero-order chi connectivity index (χ0) is 18.4. The van der Waals surface area contributed by atoms with E-state index in [4.69, 9.17) is 4.74 Å². The normalized spacial score (nSPS) is 10.4. The highest BCUT2D eigenvalue weighted by Crippen LogP contribution is 2.19. The summed E-state index contributed by atoms with van der Waals surface area (Å²) in [5.41, 5.74) is 1.49. The molecule has 0 aliphatic rings. The number of ether oxygens (including phenoxy) is 1. The molecule has 1 aromatic heterocycles. The van der Waals surface area contributed by atoms with Gasteiger partial charge in [-0.15, -0.1) is 0 Å². The van der Waals surface area contributed by atoms with Crippen LogP contribution in [0, 0.1) is 11.6 Å². The summed E-state index contributed by atoms with van der Waals surface area (Å²) in [4.78, 5) is 8.47. The Morgan fingerprint density at radius 1 is 1.04 bits per heavy atom. The molecule has 2 N–H and O–H groups in total. The Morgan fingerprint density at radius 2 is 1.88 bits per heavy atom. The molecule has 2 aromatic carbocycles. The van der Waals surface area contributed by atoms with Crippen LogP contribution in [0.3, 0.4) is 0 Å². The zero-order valence-corrected chi connectivity index (χ0v) is 14.2. The van der Waals surface area contributed by atoms with Gasteiger partial charge in [-0.3, -0.25) is 0 Å². The van der Waals surface area contributed by atoms with E-state index in [1.54, 1.807) is 19.4 Å². The number of hydrogen-bond acceptors (Lipinski definition) is 5. The van der Waals surface area contributed by atoms with Crippen molar-refractivity contribution in [2.75, 3.05) is 24.3 Å². The van der Waals surface area contributed by atoms with Crippen molar-refractivity contribution in [3.8, 4) is 5.75 Å². The number of halogens is 2. The maximum absolute atomic E-state index is 13.3. The van der Waals surface area contributed by atoms with Crippen molar-refractivity contribution in [3.63, 3.8) is 0 Å². The molecule has 3 aromatic rings. The third-order valence-electron chi connectivity index (χ3n) is 3.72. The molecule has 0 bridgehead atoms. The second kappa shape index (κ2) is 8.24. The number of methoxy groups -OCH3 is 1. The van der Waals surface area contributed by atoms with Crippen LogP contribution in [0.15, 0.2) is 54.7 Å². The van der Waals surface area contributed by atoms with E-state index in [0.29, 0.717) is 24.0 Å². The number of nitrogens with zero attached hydrogens (tertiary/aromatic N) is 2. The minimum Gasteiger partial charge on any atom is -0.496 e. The van der Waals surface area contributed by atoms with Crippen LogP contribution in [0.2, 0.25) is 0 Å². The number of anilines is 3. The molecule has 0 spiro atoms. The van der Waals surface area contributed by atoms with Gasteiger partial charge in [0.15, 0.2) is 11.6 Å². The summed E-state index contributed by atoms with van der Waals surface area (Å²) in [7, 11) is 1.64. The SMILES string of the molecule is COc1ccccc1CCNc1nccc(Nc2ccc(F)c(F)c2)n1.